The highest BCUT2D eigenvalue weighted by Crippen LogP contribution is 2.26. The second-order valence-corrected chi connectivity index (χ2v) is 4.85. The van der Waals surface area contributed by atoms with Crippen LogP contribution < -0.4 is 10.1 Å². The van der Waals surface area contributed by atoms with Crippen LogP contribution in [0.4, 0.5) is 5.82 Å². The Hall–Kier alpha value is -1.36. The molecule has 1 aromatic heterocycles. The van der Waals surface area contributed by atoms with Gasteiger partial charge < -0.3 is 15.2 Å². The number of hydrogen-bond donors (Lipinski definition) is 2. The molecule has 1 heterocycles. The molecule has 5 heteroatoms. The Balaban J connectivity index is 1.97. The van der Waals surface area contributed by atoms with Crippen molar-refractivity contribution in [2.45, 2.75) is 38.7 Å². The van der Waals surface area contributed by atoms with Gasteiger partial charge in [0.1, 0.15) is 12.1 Å². The van der Waals surface area contributed by atoms with E-state index in [0.717, 1.165) is 37.2 Å². The van der Waals surface area contributed by atoms with Gasteiger partial charge in [-0.2, -0.15) is 0 Å². The van der Waals surface area contributed by atoms with Crippen molar-refractivity contribution in [1.82, 2.24) is 9.97 Å². The summed E-state index contributed by atoms with van der Waals surface area (Å²) in [6.07, 6.45) is 5.64. The smallest absolute Gasteiger partial charge is 0.221 e. The van der Waals surface area contributed by atoms with Gasteiger partial charge in [-0.25, -0.2) is 9.97 Å². The second kappa shape index (κ2) is 6.00. The van der Waals surface area contributed by atoms with Crippen molar-refractivity contribution in [3.05, 3.63) is 11.9 Å². The molecule has 18 heavy (non-hydrogen) atoms. The van der Waals surface area contributed by atoms with Crippen molar-refractivity contribution in [3.63, 3.8) is 0 Å². The monoisotopic (exact) mass is 251 g/mol. The molecule has 2 rings (SSSR count). The van der Waals surface area contributed by atoms with Crippen molar-refractivity contribution in [1.29, 1.82) is 0 Å². The van der Waals surface area contributed by atoms with Gasteiger partial charge in [-0.05, 0) is 19.8 Å². The van der Waals surface area contributed by atoms with Gasteiger partial charge in [0.05, 0.1) is 18.8 Å². The molecule has 0 aliphatic heterocycles. The minimum Gasteiger partial charge on any atom is -0.481 e. The Morgan fingerprint density at radius 2 is 2.17 bits per heavy atom. The van der Waals surface area contributed by atoms with E-state index in [0.29, 0.717) is 11.8 Å². The standard InChI is InChI=1S/C13H21N3O2/c1-9-12(15-8-16-13(9)18-2)14-7-10-5-3-4-6-11(10)17/h8,10-11,17H,3-7H2,1-2H3,(H,14,15,16). The summed E-state index contributed by atoms with van der Waals surface area (Å²) in [5, 5.41) is 13.2. The number of anilines is 1. The Morgan fingerprint density at radius 3 is 2.89 bits per heavy atom. The van der Waals surface area contributed by atoms with E-state index in [1.54, 1.807) is 7.11 Å². The number of aromatic nitrogens is 2. The molecule has 0 spiro atoms. The average Bonchev–Trinajstić information content (AvgIpc) is 2.39. The highest BCUT2D eigenvalue weighted by atomic mass is 16.5. The third-order valence-corrected chi connectivity index (χ3v) is 3.63. The zero-order valence-electron chi connectivity index (χ0n) is 11.0. The summed E-state index contributed by atoms with van der Waals surface area (Å²) in [7, 11) is 1.60. The molecule has 0 aromatic carbocycles. The first kappa shape index (κ1) is 13.1. The molecule has 2 unspecified atom stereocenters. The van der Waals surface area contributed by atoms with Crippen molar-refractivity contribution in [2.75, 3.05) is 19.0 Å². The SMILES string of the molecule is COc1ncnc(NCC2CCCCC2O)c1C. The van der Waals surface area contributed by atoms with Crippen LogP contribution in [0, 0.1) is 12.8 Å². The Labute approximate surface area is 108 Å². The molecule has 1 aliphatic rings. The minimum absolute atomic E-state index is 0.185. The van der Waals surface area contributed by atoms with Crippen LogP contribution in [0.2, 0.25) is 0 Å². The lowest BCUT2D eigenvalue weighted by molar-refractivity contribution is 0.0763. The zero-order valence-corrected chi connectivity index (χ0v) is 11.0. The van der Waals surface area contributed by atoms with E-state index < -0.39 is 0 Å². The van der Waals surface area contributed by atoms with Crippen LogP contribution in [-0.4, -0.2) is 34.8 Å². The fourth-order valence-corrected chi connectivity index (χ4v) is 2.47. The van der Waals surface area contributed by atoms with E-state index in [1.807, 2.05) is 6.92 Å². The topological polar surface area (TPSA) is 67.3 Å². The molecule has 5 nitrogen and oxygen atoms in total. The molecule has 0 saturated heterocycles. The minimum atomic E-state index is -0.185. The number of nitrogens with one attached hydrogen (secondary N) is 1. The number of aliphatic hydroxyl groups is 1. The third-order valence-electron chi connectivity index (χ3n) is 3.63. The lowest BCUT2D eigenvalue weighted by Crippen LogP contribution is -2.30. The summed E-state index contributed by atoms with van der Waals surface area (Å²) in [6, 6.07) is 0. The number of methoxy groups -OCH3 is 1. The van der Waals surface area contributed by atoms with Crippen LogP contribution in [0.25, 0.3) is 0 Å². The normalized spacial score (nSPS) is 23.7. The molecule has 1 saturated carbocycles. The highest BCUT2D eigenvalue weighted by molar-refractivity contribution is 5.47. The molecule has 0 bridgehead atoms. The molecule has 100 valence electrons. The predicted molar refractivity (Wildman–Crippen MR) is 69.8 cm³/mol. The summed E-state index contributed by atoms with van der Waals surface area (Å²) in [4.78, 5) is 8.26. The van der Waals surface area contributed by atoms with Crippen LogP contribution in [0.15, 0.2) is 6.33 Å². The lowest BCUT2D eigenvalue weighted by atomic mass is 9.86. The number of aliphatic hydroxyl groups excluding tert-OH is 1. The highest BCUT2D eigenvalue weighted by Gasteiger charge is 2.23. The molecule has 1 fully saturated rings. The summed E-state index contributed by atoms with van der Waals surface area (Å²) in [5.41, 5.74) is 0.908. The lowest BCUT2D eigenvalue weighted by Gasteiger charge is -2.28. The van der Waals surface area contributed by atoms with Gasteiger partial charge >= 0.3 is 0 Å². The molecular weight excluding hydrogens is 230 g/mol. The summed E-state index contributed by atoms with van der Waals surface area (Å²) >= 11 is 0. The quantitative estimate of drug-likeness (QED) is 0.853. The van der Waals surface area contributed by atoms with Gasteiger partial charge in [-0.15, -0.1) is 0 Å². The van der Waals surface area contributed by atoms with Gasteiger partial charge in [0.25, 0.3) is 0 Å². The first-order valence-corrected chi connectivity index (χ1v) is 6.50. The number of nitrogens with zero attached hydrogens (tertiary/aromatic N) is 2. The van der Waals surface area contributed by atoms with Crippen molar-refractivity contribution < 1.29 is 9.84 Å². The number of hydrogen-bond acceptors (Lipinski definition) is 5. The fraction of sp³-hybridized carbons (Fsp3) is 0.692. The average molecular weight is 251 g/mol. The molecular formula is C13H21N3O2. The maximum absolute atomic E-state index is 9.92. The van der Waals surface area contributed by atoms with Crippen LogP contribution in [0.3, 0.4) is 0 Å². The predicted octanol–water partition coefficient (Wildman–Crippen LogP) is 1.76. The number of rotatable bonds is 4. The maximum Gasteiger partial charge on any atom is 0.221 e. The van der Waals surface area contributed by atoms with E-state index in [9.17, 15) is 5.11 Å². The van der Waals surface area contributed by atoms with Crippen LogP contribution >= 0.6 is 0 Å². The summed E-state index contributed by atoms with van der Waals surface area (Å²) in [5.74, 6) is 1.70. The van der Waals surface area contributed by atoms with Gasteiger partial charge in [-0.1, -0.05) is 12.8 Å². The Bertz CT molecular complexity index is 398. The summed E-state index contributed by atoms with van der Waals surface area (Å²) < 4.78 is 5.16. The van der Waals surface area contributed by atoms with Crippen LogP contribution in [0.1, 0.15) is 31.2 Å². The van der Waals surface area contributed by atoms with Crippen molar-refractivity contribution in [3.8, 4) is 5.88 Å². The van der Waals surface area contributed by atoms with Gasteiger partial charge in [0.2, 0.25) is 5.88 Å². The zero-order chi connectivity index (χ0) is 13.0. The van der Waals surface area contributed by atoms with Crippen molar-refractivity contribution >= 4 is 5.82 Å². The number of ether oxygens (including phenoxy) is 1. The Morgan fingerprint density at radius 1 is 1.39 bits per heavy atom. The Kier molecular flexibility index (Phi) is 4.36. The van der Waals surface area contributed by atoms with E-state index in [4.69, 9.17) is 4.74 Å². The first-order chi connectivity index (χ1) is 8.72. The first-order valence-electron chi connectivity index (χ1n) is 6.50. The second-order valence-electron chi connectivity index (χ2n) is 4.85. The van der Waals surface area contributed by atoms with Crippen molar-refractivity contribution in [2.24, 2.45) is 5.92 Å². The molecule has 0 amide bonds. The molecule has 2 atom stereocenters. The fourth-order valence-electron chi connectivity index (χ4n) is 2.47. The van der Waals surface area contributed by atoms with Gasteiger partial charge in [0.15, 0.2) is 0 Å². The van der Waals surface area contributed by atoms with E-state index in [2.05, 4.69) is 15.3 Å². The van der Waals surface area contributed by atoms with E-state index in [1.165, 1.54) is 12.7 Å². The maximum atomic E-state index is 9.92. The molecule has 0 radical (unpaired) electrons. The summed E-state index contributed by atoms with van der Waals surface area (Å²) in [6.45, 7) is 2.68. The van der Waals surface area contributed by atoms with Crippen LogP contribution in [-0.2, 0) is 0 Å². The van der Waals surface area contributed by atoms with E-state index in [-0.39, 0.29) is 6.10 Å². The van der Waals surface area contributed by atoms with Gasteiger partial charge in [-0.3, -0.25) is 0 Å². The van der Waals surface area contributed by atoms with Gasteiger partial charge in [0, 0.05) is 12.5 Å². The molecule has 1 aromatic rings. The molecule has 1 aliphatic carbocycles. The molecule has 2 N–H and O–H groups in total. The third kappa shape index (κ3) is 2.90. The van der Waals surface area contributed by atoms with E-state index >= 15 is 0 Å². The largest absolute Gasteiger partial charge is 0.481 e. The van der Waals surface area contributed by atoms with Crippen LogP contribution in [0.5, 0.6) is 5.88 Å².